The Bertz CT molecular complexity index is 775. The molecule has 20 heavy (non-hydrogen) atoms. The first kappa shape index (κ1) is 14.5. The second kappa shape index (κ2) is 5.58. The van der Waals surface area contributed by atoms with Gasteiger partial charge in [0, 0.05) is 11.1 Å². The molecule has 2 aromatic rings. The molecule has 0 radical (unpaired) electrons. The molecule has 0 bridgehead atoms. The Morgan fingerprint density at radius 3 is 2.80 bits per heavy atom. The minimum atomic E-state index is -3.72. The van der Waals surface area contributed by atoms with Crippen molar-refractivity contribution in [3.8, 4) is 6.07 Å². The maximum atomic E-state index is 12.1. The molecule has 0 aliphatic heterocycles. The Morgan fingerprint density at radius 2 is 2.25 bits per heavy atom. The SMILES string of the molecule is Cc1cnc(CNS(=O)(=O)c2ccc(C#N)cc2N)s1. The Morgan fingerprint density at radius 1 is 1.50 bits per heavy atom. The van der Waals surface area contributed by atoms with Crippen LogP contribution in [0.5, 0.6) is 0 Å². The van der Waals surface area contributed by atoms with Gasteiger partial charge in [-0.15, -0.1) is 11.3 Å². The van der Waals surface area contributed by atoms with Gasteiger partial charge in [-0.3, -0.25) is 0 Å². The number of nitriles is 1. The fourth-order valence-electron chi connectivity index (χ4n) is 1.58. The summed E-state index contributed by atoms with van der Waals surface area (Å²) in [5.74, 6) is 0. The first-order valence-electron chi connectivity index (χ1n) is 5.63. The molecular formula is C12H12N4O2S2. The number of benzene rings is 1. The largest absolute Gasteiger partial charge is 0.398 e. The molecule has 0 unspecified atom stereocenters. The molecule has 1 heterocycles. The van der Waals surface area contributed by atoms with Crippen LogP contribution in [0.4, 0.5) is 5.69 Å². The number of nitrogens with zero attached hydrogens (tertiary/aromatic N) is 2. The number of thiazole rings is 1. The van der Waals surface area contributed by atoms with Gasteiger partial charge in [0.1, 0.15) is 9.90 Å². The summed E-state index contributed by atoms with van der Waals surface area (Å²) in [6, 6.07) is 5.98. The van der Waals surface area contributed by atoms with Crippen molar-refractivity contribution in [2.75, 3.05) is 5.73 Å². The fraction of sp³-hybridized carbons (Fsp3) is 0.167. The van der Waals surface area contributed by atoms with Crippen LogP contribution < -0.4 is 10.5 Å². The molecular weight excluding hydrogens is 296 g/mol. The molecule has 2 rings (SSSR count). The number of sulfonamides is 1. The average molecular weight is 308 g/mol. The van der Waals surface area contributed by atoms with Crippen LogP contribution in [0, 0.1) is 18.3 Å². The summed E-state index contributed by atoms with van der Waals surface area (Å²) in [5.41, 5.74) is 6.04. The first-order valence-corrected chi connectivity index (χ1v) is 7.93. The van der Waals surface area contributed by atoms with Gasteiger partial charge in [0.15, 0.2) is 0 Å². The van der Waals surface area contributed by atoms with Crippen LogP contribution in [0.1, 0.15) is 15.4 Å². The van der Waals surface area contributed by atoms with Gasteiger partial charge in [-0.25, -0.2) is 18.1 Å². The highest BCUT2D eigenvalue weighted by Gasteiger charge is 2.18. The minimum Gasteiger partial charge on any atom is -0.398 e. The highest BCUT2D eigenvalue weighted by atomic mass is 32.2. The van der Waals surface area contributed by atoms with Crippen molar-refractivity contribution in [2.24, 2.45) is 0 Å². The van der Waals surface area contributed by atoms with Gasteiger partial charge < -0.3 is 5.73 Å². The molecule has 0 saturated heterocycles. The monoisotopic (exact) mass is 308 g/mol. The van der Waals surface area contributed by atoms with E-state index in [0.29, 0.717) is 10.6 Å². The van der Waals surface area contributed by atoms with E-state index in [1.54, 1.807) is 6.20 Å². The second-order valence-electron chi connectivity index (χ2n) is 4.05. The summed E-state index contributed by atoms with van der Waals surface area (Å²) in [6.45, 7) is 2.01. The number of nitrogens with two attached hydrogens (primary N) is 1. The average Bonchev–Trinajstić information content (AvgIpc) is 2.82. The zero-order valence-corrected chi connectivity index (χ0v) is 12.3. The number of anilines is 1. The topological polar surface area (TPSA) is 109 Å². The van der Waals surface area contributed by atoms with Gasteiger partial charge in [-0.1, -0.05) is 0 Å². The van der Waals surface area contributed by atoms with E-state index in [2.05, 4.69) is 9.71 Å². The van der Waals surface area contributed by atoms with Crippen LogP contribution in [0.3, 0.4) is 0 Å². The summed E-state index contributed by atoms with van der Waals surface area (Å²) in [5, 5.41) is 9.41. The lowest BCUT2D eigenvalue weighted by Gasteiger charge is -2.08. The van der Waals surface area contributed by atoms with E-state index >= 15 is 0 Å². The third-order valence-electron chi connectivity index (χ3n) is 2.51. The highest BCUT2D eigenvalue weighted by Crippen LogP contribution is 2.20. The fourth-order valence-corrected chi connectivity index (χ4v) is 3.50. The highest BCUT2D eigenvalue weighted by molar-refractivity contribution is 7.89. The third-order valence-corrected chi connectivity index (χ3v) is 4.90. The summed E-state index contributed by atoms with van der Waals surface area (Å²) >= 11 is 1.42. The molecule has 3 N–H and O–H groups in total. The van der Waals surface area contributed by atoms with E-state index in [9.17, 15) is 8.42 Å². The molecule has 0 amide bonds. The molecule has 0 spiro atoms. The van der Waals surface area contributed by atoms with Crippen LogP contribution in [-0.2, 0) is 16.6 Å². The zero-order chi connectivity index (χ0) is 14.8. The Hall–Kier alpha value is -1.95. The number of nitrogen functional groups attached to an aromatic ring is 1. The van der Waals surface area contributed by atoms with Crippen molar-refractivity contribution < 1.29 is 8.42 Å². The lowest BCUT2D eigenvalue weighted by Crippen LogP contribution is -2.24. The van der Waals surface area contributed by atoms with Gasteiger partial charge in [-0.05, 0) is 25.1 Å². The third kappa shape index (κ3) is 3.14. The second-order valence-corrected chi connectivity index (χ2v) is 7.11. The summed E-state index contributed by atoms with van der Waals surface area (Å²) in [6.07, 6.45) is 1.68. The number of nitrogens with one attached hydrogen (secondary N) is 1. The van der Waals surface area contributed by atoms with Crippen molar-refractivity contribution >= 4 is 27.0 Å². The molecule has 8 heteroatoms. The molecule has 1 aromatic heterocycles. The molecule has 0 fully saturated rings. The quantitative estimate of drug-likeness (QED) is 0.829. The van der Waals surface area contributed by atoms with Crippen LogP contribution in [0.15, 0.2) is 29.3 Å². The van der Waals surface area contributed by atoms with E-state index in [1.807, 2.05) is 13.0 Å². The molecule has 0 saturated carbocycles. The normalized spacial score (nSPS) is 11.2. The minimum absolute atomic E-state index is 0.0372. The maximum Gasteiger partial charge on any atom is 0.242 e. The number of aryl methyl sites for hydroxylation is 1. The predicted molar refractivity (Wildman–Crippen MR) is 76.4 cm³/mol. The van der Waals surface area contributed by atoms with E-state index < -0.39 is 10.0 Å². The smallest absolute Gasteiger partial charge is 0.242 e. The van der Waals surface area contributed by atoms with Crippen LogP contribution in [0.2, 0.25) is 0 Å². The van der Waals surface area contributed by atoms with Crippen LogP contribution in [0.25, 0.3) is 0 Å². The Labute approximate surface area is 120 Å². The standard InChI is InChI=1S/C12H12N4O2S2/c1-8-6-15-12(19-8)7-16-20(17,18)11-3-2-9(5-13)4-10(11)14/h2-4,6,16H,7,14H2,1H3. The maximum absolute atomic E-state index is 12.1. The molecule has 1 aromatic carbocycles. The van der Waals surface area contributed by atoms with Gasteiger partial charge in [0.05, 0.1) is 23.9 Å². The van der Waals surface area contributed by atoms with Crippen LogP contribution >= 0.6 is 11.3 Å². The van der Waals surface area contributed by atoms with Gasteiger partial charge >= 0.3 is 0 Å². The van der Waals surface area contributed by atoms with E-state index in [-0.39, 0.29) is 17.1 Å². The van der Waals surface area contributed by atoms with Crippen molar-refractivity contribution in [3.05, 3.63) is 39.8 Å². The van der Waals surface area contributed by atoms with E-state index in [0.717, 1.165) is 4.88 Å². The van der Waals surface area contributed by atoms with Crippen LogP contribution in [-0.4, -0.2) is 13.4 Å². The first-order chi connectivity index (χ1) is 9.42. The Balaban J connectivity index is 2.20. The molecule has 0 aliphatic carbocycles. The van der Waals surface area contributed by atoms with Gasteiger partial charge in [-0.2, -0.15) is 5.26 Å². The molecule has 0 aliphatic rings. The number of hydrogen-bond donors (Lipinski definition) is 2. The molecule has 6 nitrogen and oxygen atoms in total. The lowest BCUT2D eigenvalue weighted by atomic mass is 10.2. The summed E-state index contributed by atoms with van der Waals surface area (Å²) in [4.78, 5) is 5.05. The number of rotatable bonds is 4. The molecule has 0 atom stereocenters. The number of aromatic nitrogens is 1. The van der Waals surface area contributed by atoms with Crippen molar-refractivity contribution in [3.63, 3.8) is 0 Å². The van der Waals surface area contributed by atoms with Crippen molar-refractivity contribution in [2.45, 2.75) is 18.4 Å². The Kier molecular flexibility index (Phi) is 4.04. The summed E-state index contributed by atoms with van der Waals surface area (Å²) < 4.78 is 26.7. The summed E-state index contributed by atoms with van der Waals surface area (Å²) in [7, 11) is -3.72. The number of hydrogen-bond acceptors (Lipinski definition) is 6. The molecule has 104 valence electrons. The zero-order valence-electron chi connectivity index (χ0n) is 10.6. The van der Waals surface area contributed by atoms with Gasteiger partial charge in [0.2, 0.25) is 10.0 Å². The lowest BCUT2D eigenvalue weighted by molar-refractivity contribution is 0.581. The van der Waals surface area contributed by atoms with E-state index in [1.165, 1.54) is 29.5 Å². The van der Waals surface area contributed by atoms with E-state index in [4.69, 9.17) is 11.0 Å². The van der Waals surface area contributed by atoms with Gasteiger partial charge in [0.25, 0.3) is 0 Å². The predicted octanol–water partition coefficient (Wildman–Crippen LogP) is 1.38. The van der Waals surface area contributed by atoms with Crippen molar-refractivity contribution in [1.29, 1.82) is 5.26 Å². The van der Waals surface area contributed by atoms with Crippen molar-refractivity contribution in [1.82, 2.24) is 9.71 Å².